The largest absolute Gasteiger partial charge is 0.377 e. The summed E-state index contributed by atoms with van der Waals surface area (Å²) in [5.74, 6) is 0. The number of fused-ring (bicyclic) bond motifs is 1. The van der Waals surface area contributed by atoms with Crippen LogP contribution >= 0.6 is 44.5 Å². The molecule has 11 heteroatoms. The smallest absolute Gasteiger partial charge is 0.184 e. The molecule has 4 rings (SSSR count). The Morgan fingerprint density at radius 2 is 2.07 bits per heavy atom. The Labute approximate surface area is 195 Å². The van der Waals surface area contributed by atoms with Gasteiger partial charge < -0.3 is 18.9 Å². The third kappa shape index (κ3) is 3.78. The standard InChI is InChI=1S/C19H18Br2N4O4S/c1-26-15-18(30)28-13-9-27-17(10-5-3-2-4-6-10)29-14(13)19(15,24-25-22)12-7-11(20)8-23-16(12)21/h2-8,13-15,17-18,30H,9H2,1H3/t13-,14+,15+,17?,18-,19?/m1/s1. The molecule has 0 spiro atoms. The van der Waals surface area contributed by atoms with E-state index in [2.05, 4.69) is 59.5 Å². The number of ether oxygens (including phenoxy) is 4. The van der Waals surface area contributed by atoms with Gasteiger partial charge >= 0.3 is 0 Å². The zero-order valence-electron chi connectivity index (χ0n) is 15.8. The summed E-state index contributed by atoms with van der Waals surface area (Å²) in [5, 5.41) is 4.26. The molecule has 2 fully saturated rings. The van der Waals surface area contributed by atoms with Crippen molar-refractivity contribution in [3.63, 3.8) is 0 Å². The molecule has 2 aliphatic rings. The molecule has 1 aromatic carbocycles. The van der Waals surface area contributed by atoms with Crippen molar-refractivity contribution in [2.24, 2.45) is 5.11 Å². The second-order valence-electron chi connectivity index (χ2n) is 6.86. The van der Waals surface area contributed by atoms with E-state index in [0.717, 1.165) is 5.56 Å². The lowest BCUT2D eigenvalue weighted by molar-refractivity contribution is -0.317. The summed E-state index contributed by atoms with van der Waals surface area (Å²) in [7, 11) is 1.52. The van der Waals surface area contributed by atoms with Crippen molar-refractivity contribution in [1.29, 1.82) is 0 Å². The Bertz CT molecular complexity index is 965. The molecular formula is C19H18Br2N4O4S. The Morgan fingerprint density at radius 3 is 2.77 bits per heavy atom. The van der Waals surface area contributed by atoms with Gasteiger partial charge in [-0.25, -0.2) is 4.98 Å². The second-order valence-corrected chi connectivity index (χ2v) is 9.04. The first-order chi connectivity index (χ1) is 14.5. The van der Waals surface area contributed by atoms with Gasteiger partial charge in [0, 0.05) is 33.8 Å². The lowest BCUT2D eigenvalue weighted by Gasteiger charge is -2.53. The van der Waals surface area contributed by atoms with Crippen LogP contribution in [0.3, 0.4) is 0 Å². The number of hydrogen-bond acceptors (Lipinski definition) is 7. The van der Waals surface area contributed by atoms with Gasteiger partial charge in [-0.05, 0) is 43.5 Å². The van der Waals surface area contributed by atoms with Crippen molar-refractivity contribution < 1.29 is 18.9 Å². The highest BCUT2D eigenvalue weighted by atomic mass is 79.9. The molecule has 2 aromatic rings. The van der Waals surface area contributed by atoms with Crippen LogP contribution in [0.15, 0.2) is 56.8 Å². The van der Waals surface area contributed by atoms with Gasteiger partial charge in [0.05, 0.1) is 6.61 Å². The quantitative estimate of drug-likeness (QED) is 0.190. The molecule has 0 amide bonds. The van der Waals surface area contributed by atoms with Crippen LogP contribution in [-0.4, -0.2) is 42.4 Å². The Morgan fingerprint density at radius 1 is 1.30 bits per heavy atom. The third-order valence-electron chi connectivity index (χ3n) is 5.23. The molecule has 2 unspecified atom stereocenters. The van der Waals surface area contributed by atoms with Crippen molar-refractivity contribution in [3.8, 4) is 0 Å². The van der Waals surface area contributed by atoms with E-state index in [-0.39, 0.29) is 6.61 Å². The van der Waals surface area contributed by atoms with Gasteiger partial charge in [-0.2, -0.15) is 0 Å². The predicted molar refractivity (Wildman–Crippen MR) is 119 cm³/mol. The number of thiol groups is 1. The summed E-state index contributed by atoms with van der Waals surface area (Å²) in [6.45, 7) is 0.236. The highest BCUT2D eigenvalue weighted by Crippen LogP contribution is 2.50. The molecule has 30 heavy (non-hydrogen) atoms. The van der Waals surface area contributed by atoms with E-state index in [1.54, 1.807) is 6.20 Å². The summed E-state index contributed by atoms with van der Waals surface area (Å²) in [6.07, 6.45) is -1.01. The lowest BCUT2D eigenvalue weighted by atomic mass is 9.76. The van der Waals surface area contributed by atoms with Crippen molar-refractivity contribution in [1.82, 2.24) is 4.98 Å². The fraction of sp³-hybridized carbons (Fsp3) is 0.421. The summed E-state index contributed by atoms with van der Waals surface area (Å²) >= 11 is 11.5. The average Bonchev–Trinajstić information content (AvgIpc) is 2.76. The predicted octanol–water partition coefficient (Wildman–Crippen LogP) is 4.90. The molecular weight excluding hydrogens is 540 g/mol. The third-order valence-corrected chi connectivity index (χ3v) is 6.69. The van der Waals surface area contributed by atoms with Crippen molar-refractivity contribution >= 4 is 44.5 Å². The molecule has 2 aliphatic heterocycles. The maximum Gasteiger partial charge on any atom is 0.184 e. The maximum atomic E-state index is 9.58. The van der Waals surface area contributed by atoms with Gasteiger partial charge in [0.25, 0.3) is 0 Å². The van der Waals surface area contributed by atoms with Crippen molar-refractivity contribution in [2.45, 2.75) is 35.6 Å². The van der Waals surface area contributed by atoms with Crippen molar-refractivity contribution in [2.75, 3.05) is 13.7 Å². The van der Waals surface area contributed by atoms with Gasteiger partial charge in [-0.3, -0.25) is 0 Å². The molecule has 1 aromatic heterocycles. The maximum absolute atomic E-state index is 9.58. The van der Waals surface area contributed by atoms with Gasteiger partial charge in [-0.1, -0.05) is 35.4 Å². The molecule has 0 N–H and O–H groups in total. The Hall–Kier alpha value is -1.17. The molecule has 158 valence electrons. The number of pyridine rings is 1. The first-order valence-corrected chi connectivity index (χ1v) is 11.2. The normalized spacial score (nSPS) is 33.4. The first-order valence-electron chi connectivity index (χ1n) is 9.07. The molecule has 6 atom stereocenters. The van der Waals surface area contributed by atoms with Gasteiger partial charge in [-0.15, -0.1) is 12.6 Å². The number of halogens is 2. The molecule has 0 bridgehead atoms. The number of benzene rings is 1. The van der Waals surface area contributed by atoms with Crippen LogP contribution in [0, 0.1) is 0 Å². The van der Waals surface area contributed by atoms with Crippen molar-refractivity contribution in [3.05, 3.63) is 73.2 Å². The van der Waals surface area contributed by atoms with E-state index in [4.69, 9.17) is 18.9 Å². The van der Waals surface area contributed by atoms with Crippen LogP contribution in [0.5, 0.6) is 0 Å². The monoisotopic (exact) mass is 556 g/mol. The van der Waals surface area contributed by atoms with E-state index >= 15 is 0 Å². The Kier molecular flexibility index (Phi) is 6.71. The number of aromatic nitrogens is 1. The van der Waals surface area contributed by atoms with Crippen LogP contribution in [0.1, 0.15) is 17.4 Å². The van der Waals surface area contributed by atoms with E-state index in [1.807, 2.05) is 36.4 Å². The van der Waals surface area contributed by atoms with Crippen LogP contribution in [-0.2, 0) is 24.5 Å². The van der Waals surface area contributed by atoms with Crippen LogP contribution in [0.4, 0.5) is 0 Å². The molecule has 8 nitrogen and oxygen atoms in total. The topological polar surface area (TPSA) is 98.6 Å². The Balaban J connectivity index is 1.88. The lowest BCUT2D eigenvalue weighted by Crippen LogP contribution is -2.66. The molecule has 3 heterocycles. The minimum Gasteiger partial charge on any atom is -0.377 e. The molecule has 0 aliphatic carbocycles. The molecule has 2 saturated heterocycles. The average molecular weight is 558 g/mol. The second kappa shape index (κ2) is 9.13. The van der Waals surface area contributed by atoms with E-state index in [1.165, 1.54) is 7.11 Å². The highest BCUT2D eigenvalue weighted by molar-refractivity contribution is 9.11. The van der Waals surface area contributed by atoms with E-state index in [9.17, 15) is 5.53 Å². The SMILES string of the molecule is CO[C@H]1[C@@H](S)O[C@@H]2COC(c3ccccc3)O[C@@H]2C1(N=[N+]=[N-])c1cc(Br)cnc1Br. The van der Waals surface area contributed by atoms with Gasteiger partial charge in [0.2, 0.25) is 0 Å². The summed E-state index contributed by atoms with van der Waals surface area (Å²) < 4.78 is 25.3. The fourth-order valence-corrected chi connectivity index (χ4v) is 5.36. The fourth-order valence-electron chi connectivity index (χ4n) is 3.99. The van der Waals surface area contributed by atoms with Gasteiger partial charge in [0.1, 0.15) is 33.9 Å². The zero-order valence-corrected chi connectivity index (χ0v) is 19.8. The first kappa shape index (κ1) is 22.0. The van der Waals surface area contributed by atoms with Crippen LogP contribution in [0.2, 0.25) is 0 Å². The summed E-state index contributed by atoms with van der Waals surface area (Å²) in [5.41, 5.74) is 9.03. The minimum atomic E-state index is -1.31. The highest BCUT2D eigenvalue weighted by Gasteiger charge is 2.61. The zero-order chi connectivity index (χ0) is 21.3. The minimum absolute atomic E-state index is 0.236. The molecule has 0 saturated carbocycles. The summed E-state index contributed by atoms with van der Waals surface area (Å²) in [6, 6.07) is 11.4. The van der Waals surface area contributed by atoms with E-state index < -0.39 is 35.6 Å². The van der Waals surface area contributed by atoms with Crippen LogP contribution in [0.25, 0.3) is 10.4 Å². The van der Waals surface area contributed by atoms with Gasteiger partial charge in [0.15, 0.2) is 6.29 Å². The van der Waals surface area contributed by atoms with Crippen LogP contribution < -0.4 is 0 Å². The number of azide groups is 1. The molecule has 0 radical (unpaired) electrons. The number of hydrogen-bond donors (Lipinski definition) is 1. The number of rotatable bonds is 4. The summed E-state index contributed by atoms with van der Waals surface area (Å²) in [4.78, 5) is 7.54. The number of nitrogens with zero attached hydrogens (tertiary/aromatic N) is 4. The number of methoxy groups -OCH3 is 1. The van der Waals surface area contributed by atoms with E-state index in [0.29, 0.717) is 14.6 Å².